The second kappa shape index (κ2) is 5.50. The van der Waals surface area contributed by atoms with Gasteiger partial charge in [-0.25, -0.2) is 13.4 Å². The number of hydrogen-bond acceptors (Lipinski definition) is 5. The van der Waals surface area contributed by atoms with Gasteiger partial charge in [-0.15, -0.1) is 0 Å². The number of hydrogen-bond donors (Lipinski definition) is 0. The van der Waals surface area contributed by atoms with E-state index in [1.54, 1.807) is 18.2 Å². The summed E-state index contributed by atoms with van der Waals surface area (Å²) in [5, 5.41) is 0.685. The van der Waals surface area contributed by atoms with Crippen molar-refractivity contribution >= 4 is 42.4 Å². The van der Waals surface area contributed by atoms with E-state index in [0.717, 1.165) is 6.42 Å². The first kappa shape index (κ1) is 13.7. The fourth-order valence-corrected chi connectivity index (χ4v) is 4.22. The zero-order valence-electron chi connectivity index (χ0n) is 9.72. The molecule has 0 aliphatic heterocycles. The topological polar surface area (TPSA) is 60.2 Å². The molecule has 0 saturated heterocycles. The van der Waals surface area contributed by atoms with Gasteiger partial charge < -0.3 is 4.42 Å². The van der Waals surface area contributed by atoms with Gasteiger partial charge in [0.05, 0.1) is 16.5 Å². The van der Waals surface area contributed by atoms with Crippen molar-refractivity contribution in [2.75, 3.05) is 5.75 Å². The molecule has 1 aromatic carbocycles. The SMILES string of the molecule is CCCCS(=O)(=O)Sc1nc2cc(Cl)ccc2o1. The van der Waals surface area contributed by atoms with Crippen LogP contribution in [0.1, 0.15) is 19.8 Å². The van der Waals surface area contributed by atoms with Crippen molar-refractivity contribution in [1.29, 1.82) is 0 Å². The van der Waals surface area contributed by atoms with Gasteiger partial charge in [-0.1, -0.05) is 24.9 Å². The van der Waals surface area contributed by atoms with Crippen LogP contribution in [0.15, 0.2) is 27.8 Å². The third-order valence-electron chi connectivity index (χ3n) is 2.28. The zero-order chi connectivity index (χ0) is 13.2. The van der Waals surface area contributed by atoms with E-state index in [0.29, 0.717) is 33.3 Å². The second-order valence-electron chi connectivity index (χ2n) is 3.79. The molecule has 0 spiro atoms. The Morgan fingerprint density at radius 1 is 1.44 bits per heavy atom. The van der Waals surface area contributed by atoms with Gasteiger partial charge in [0.15, 0.2) is 5.58 Å². The van der Waals surface area contributed by atoms with Gasteiger partial charge in [0.2, 0.25) is 8.87 Å². The van der Waals surface area contributed by atoms with Gasteiger partial charge in [-0.2, -0.15) is 0 Å². The van der Waals surface area contributed by atoms with E-state index in [4.69, 9.17) is 16.0 Å². The number of fused-ring (bicyclic) bond motifs is 1. The van der Waals surface area contributed by atoms with Crippen LogP contribution in [0.4, 0.5) is 0 Å². The van der Waals surface area contributed by atoms with E-state index in [1.807, 2.05) is 6.92 Å². The van der Waals surface area contributed by atoms with Crippen LogP contribution in [-0.4, -0.2) is 19.2 Å². The molecule has 2 rings (SSSR count). The normalized spacial score (nSPS) is 12.1. The van der Waals surface area contributed by atoms with Crippen LogP contribution >= 0.6 is 22.4 Å². The van der Waals surface area contributed by atoms with Crippen molar-refractivity contribution in [1.82, 2.24) is 4.98 Å². The molecule has 1 aromatic heterocycles. The third kappa shape index (κ3) is 3.40. The summed E-state index contributed by atoms with van der Waals surface area (Å²) in [6.07, 6.45) is 1.48. The molecule has 7 heteroatoms. The van der Waals surface area contributed by atoms with Crippen molar-refractivity contribution in [3.8, 4) is 0 Å². The molecule has 0 bridgehead atoms. The lowest BCUT2D eigenvalue weighted by atomic mass is 10.3. The quantitative estimate of drug-likeness (QED) is 0.788. The van der Waals surface area contributed by atoms with E-state index in [2.05, 4.69) is 4.98 Å². The summed E-state index contributed by atoms with van der Waals surface area (Å²) in [5.74, 6) is 0.133. The molecular formula is C11H12ClNO3S2. The summed E-state index contributed by atoms with van der Waals surface area (Å²) in [6, 6.07) is 4.99. The predicted octanol–water partition coefficient (Wildman–Crippen LogP) is 3.70. The molecule has 4 nitrogen and oxygen atoms in total. The molecule has 0 aliphatic carbocycles. The van der Waals surface area contributed by atoms with Crippen molar-refractivity contribution in [2.45, 2.75) is 25.0 Å². The van der Waals surface area contributed by atoms with Crippen LogP contribution in [0, 0.1) is 0 Å². The Labute approximate surface area is 114 Å². The molecule has 98 valence electrons. The van der Waals surface area contributed by atoms with E-state index in [9.17, 15) is 8.42 Å². The van der Waals surface area contributed by atoms with Gasteiger partial charge >= 0.3 is 0 Å². The maximum Gasteiger partial charge on any atom is 0.272 e. The van der Waals surface area contributed by atoms with Crippen LogP contribution in [0.5, 0.6) is 0 Å². The zero-order valence-corrected chi connectivity index (χ0v) is 12.1. The van der Waals surface area contributed by atoms with Crippen molar-refractivity contribution in [3.05, 3.63) is 23.2 Å². The van der Waals surface area contributed by atoms with Crippen LogP contribution in [0.25, 0.3) is 11.1 Å². The minimum Gasteiger partial charge on any atom is -0.431 e. The minimum absolute atomic E-state index is 0.133. The Balaban J connectivity index is 2.22. The number of halogens is 1. The summed E-state index contributed by atoms with van der Waals surface area (Å²) < 4.78 is 28.8. The summed E-state index contributed by atoms with van der Waals surface area (Å²) >= 11 is 5.82. The monoisotopic (exact) mass is 305 g/mol. The summed E-state index contributed by atoms with van der Waals surface area (Å²) in [7, 11) is -2.56. The largest absolute Gasteiger partial charge is 0.431 e. The first-order valence-electron chi connectivity index (χ1n) is 5.48. The van der Waals surface area contributed by atoms with Gasteiger partial charge in [-0.3, -0.25) is 0 Å². The van der Waals surface area contributed by atoms with Crippen LogP contribution in [-0.2, 0) is 8.87 Å². The number of rotatable bonds is 5. The molecule has 0 aliphatic rings. The summed E-state index contributed by atoms with van der Waals surface area (Å²) in [5.41, 5.74) is 1.10. The van der Waals surface area contributed by atoms with E-state index < -0.39 is 8.87 Å². The number of aromatic nitrogens is 1. The van der Waals surface area contributed by atoms with Gasteiger partial charge in [-0.05, 0) is 24.6 Å². The van der Waals surface area contributed by atoms with Gasteiger partial charge in [0, 0.05) is 5.02 Å². The first-order valence-corrected chi connectivity index (χ1v) is 8.85. The molecule has 0 unspecified atom stereocenters. The summed E-state index contributed by atoms with van der Waals surface area (Å²) in [6.45, 7) is 1.95. The van der Waals surface area contributed by atoms with Crippen LogP contribution < -0.4 is 0 Å². The molecule has 0 fully saturated rings. The fraction of sp³-hybridized carbons (Fsp3) is 0.364. The highest BCUT2D eigenvalue weighted by Gasteiger charge is 2.17. The molecule has 0 amide bonds. The van der Waals surface area contributed by atoms with E-state index in [-0.39, 0.29) is 11.0 Å². The lowest BCUT2D eigenvalue weighted by Gasteiger charge is -1.97. The van der Waals surface area contributed by atoms with E-state index in [1.165, 1.54) is 0 Å². The standard InChI is InChI=1S/C11H12ClNO3S2/c1-2-3-6-18(14,15)17-11-13-9-7-8(12)4-5-10(9)16-11/h4-5,7H,2-3,6H2,1H3. The van der Waals surface area contributed by atoms with Crippen molar-refractivity contribution in [2.24, 2.45) is 0 Å². The highest BCUT2D eigenvalue weighted by molar-refractivity contribution is 8.71. The molecule has 2 aromatic rings. The molecule has 18 heavy (non-hydrogen) atoms. The third-order valence-corrected chi connectivity index (χ3v) is 5.56. The average Bonchev–Trinajstić information content (AvgIpc) is 2.66. The number of oxazole rings is 1. The maximum atomic E-state index is 11.7. The van der Waals surface area contributed by atoms with Crippen molar-refractivity contribution < 1.29 is 12.8 Å². The minimum atomic E-state index is -3.23. The molecule has 0 saturated carbocycles. The number of nitrogens with zero attached hydrogens (tertiary/aromatic N) is 1. The second-order valence-corrected chi connectivity index (χ2v) is 8.29. The molecule has 0 radical (unpaired) electrons. The Kier molecular flexibility index (Phi) is 4.19. The smallest absolute Gasteiger partial charge is 0.272 e. The van der Waals surface area contributed by atoms with Crippen LogP contribution in [0.3, 0.4) is 0 Å². The Hall–Kier alpha value is -0.720. The predicted molar refractivity (Wildman–Crippen MR) is 73.6 cm³/mol. The first-order chi connectivity index (χ1) is 8.50. The van der Waals surface area contributed by atoms with Gasteiger partial charge in [0.25, 0.3) is 5.22 Å². The lowest BCUT2D eigenvalue weighted by molar-refractivity contribution is 0.490. The number of benzene rings is 1. The van der Waals surface area contributed by atoms with Gasteiger partial charge in [0.1, 0.15) is 5.52 Å². The maximum absolute atomic E-state index is 11.7. The lowest BCUT2D eigenvalue weighted by Crippen LogP contribution is -2.00. The average molecular weight is 306 g/mol. The molecular weight excluding hydrogens is 294 g/mol. The highest BCUT2D eigenvalue weighted by atomic mass is 35.5. The summed E-state index contributed by atoms with van der Waals surface area (Å²) in [4.78, 5) is 4.10. The van der Waals surface area contributed by atoms with Crippen LogP contribution in [0.2, 0.25) is 5.02 Å². The molecule has 0 atom stereocenters. The Bertz CT molecular complexity index is 651. The molecule has 1 heterocycles. The number of unbranched alkanes of at least 4 members (excludes halogenated alkanes) is 1. The van der Waals surface area contributed by atoms with E-state index >= 15 is 0 Å². The van der Waals surface area contributed by atoms with Crippen molar-refractivity contribution in [3.63, 3.8) is 0 Å². The fourth-order valence-electron chi connectivity index (χ4n) is 1.39. The highest BCUT2D eigenvalue weighted by Crippen LogP contribution is 2.29. The molecule has 0 N–H and O–H groups in total. The Morgan fingerprint density at radius 3 is 2.94 bits per heavy atom. The Morgan fingerprint density at radius 2 is 2.22 bits per heavy atom.